The Balaban J connectivity index is 2.34. The van der Waals surface area contributed by atoms with E-state index in [9.17, 15) is 10.4 Å². The maximum atomic E-state index is 10.5. The van der Waals surface area contributed by atoms with Crippen molar-refractivity contribution in [3.05, 3.63) is 33.3 Å². The standard InChI is InChI=1S/C13H13BrClNO2/c14-11-7-9(15)1-2-10(11)12(17)13(8-16)3-5-18-6-4-13/h1-2,7,12,17H,3-6H2. The van der Waals surface area contributed by atoms with Gasteiger partial charge in [-0.1, -0.05) is 33.6 Å². The molecule has 0 saturated carbocycles. The minimum atomic E-state index is -0.835. The number of nitriles is 1. The molecule has 0 aliphatic carbocycles. The van der Waals surface area contributed by atoms with Crippen molar-refractivity contribution in [1.82, 2.24) is 0 Å². The Bertz CT molecular complexity index is 480. The lowest BCUT2D eigenvalue weighted by Crippen LogP contribution is -2.34. The molecule has 1 aliphatic heterocycles. The van der Waals surface area contributed by atoms with E-state index in [0.29, 0.717) is 36.6 Å². The topological polar surface area (TPSA) is 53.2 Å². The van der Waals surface area contributed by atoms with E-state index in [1.807, 2.05) is 0 Å². The van der Waals surface area contributed by atoms with Crippen LogP contribution in [-0.4, -0.2) is 18.3 Å². The Hall–Kier alpha value is -0.600. The van der Waals surface area contributed by atoms with Crippen molar-refractivity contribution in [2.45, 2.75) is 18.9 Å². The van der Waals surface area contributed by atoms with Gasteiger partial charge < -0.3 is 9.84 Å². The largest absolute Gasteiger partial charge is 0.387 e. The fourth-order valence-corrected chi connectivity index (χ4v) is 3.10. The summed E-state index contributed by atoms with van der Waals surface area (Å²) < 4.78 is 5.99. The number of benzene rings is 1. The van der Waals surface area contributed by atoms with Crippen LogP contribution in [-0.2, 0) is 4.74 Å². The molecule has 1 aromatic rings. The highest BCUT2D eigenvalue weighted by atomic mass is 79.9. The number of ether oxygens (including phenoxy) is 1. The van der Waals surface area contributed by atoms with E-state index in [4.69, 9.17) is 16.3 Å². The molecular formula is C13H13BrClNO2. The molecule has 0 aromatic heterocycles. The van der Waals surface area contributed by atoms with Crippen LogP contribution in [0, 0.1) is 16.7 Å². The highest BCUT2D eigenvalue weighted by Gasteiger charge is 2.41. The number of hydrogen-bond acceptors (Lipinski definition) is 3. The summed E-state index contributed by atoms with van der Waals surface area (Å²) >= 11 is 9.26. The average molecular weight is 331 g/mol. The van der Waals surface area contributed by atoms with Gasteiger partial charge in [0.2, 0.25) is 0 Å². The number of rotatable bonds is 2. The predicted molar refractivity (Wildman–Crippen MR) is 72.2 cm³/mol. The van der Waals surface area contributed by atoms with Crippen LogP contribution in [0.25, 0.3) is 0 Å². The van der Waals surface area contributed by atoms with Crippen molar-refractivity contribution in [1.29, 1.82) is 5.26 Å². The molecule has 18 heavy (non-hydrogen) atoms. The fourth-order valence-electron chi connectivity index (χ4n) is 2.20. The molecule has 5 heteroatoms. The second-order valence-corrected chi connectivity index (χ2v) is 5.74. The van der Waals surface area contributed by atoms with Gasteiger partial charge in [-0.3, -0.25) is 0 Å². The summed E-state index contributed by atoms with van der Waals surface area (Å²) in [6.45, 7) is 1.02. The molecular weight excluding hydrogens is 318 g/mol. The summed E-state index contributed by atoms with van der Waals surface area (Å²) in [5.74, 6) is 0. The number of halogens is 2. The summed E-state index contributed by atoms with van der Waals surface area (Å²) in [6.07, 6.45) is 0.248. The number of aliphatic hydroxyl groups excluding tert-OH is 1. The Morgan fingerprint density at radius 3 is 2.67 bits per heavy atom. The zero-order chi connectivity index (χ0) is 13.2. The van der Waals surface area contributed by atoms with Crippen LogP contribution in [0.1, 0.15) is 24.5 Å². The van der Waals surface area contributed by atoms with Gasteiger partial charge in [-0.15, -0.1) is 0 Å². The molecule has 1 atom stereocenters. The Kier molecular flexibility index (Phi) is 4.29. The van der Waals surface area contributed by atoms with E-state index < -0.39 is 11.5 Å². The third-order valence-corrected chi connectivity index (χ3v) is 4.31. The van der Waals surface area contributed by atoms with Crippen molar-refractivity contribution in [2.24, 2.45) is 5.41 Å². The van der Waals surface area contributed by atoms with E-state index in [1.54, 1.807) is 18.2 Å². The van der Waals surface area contributed by atoms with E-state index >= 15 is 0 Å². The highest BCUT2D eigenvalue weighted by Crippen LogP contribution is 2.44. The van der Waals surface area contributed by atoms with Crippen LogP contribution in [0.15, 0.2) is 22.7 Å². The quantitative estimate of drug-likeness (QED) is 0.903. The first-order valence-corrected chi connectivity index (χ1v) is 6.88. The number of nitrogens with zero attached hydrogens (tertiary/aromatic N) is 1. The molecule has 1 saturated heterocycles. The van der Waals surface area contributed by atoms with Crippen molar-refractivity contribution >= 4 is 27.5 Å². The molecule has 0 bridgehead atoms. The van der Waals surface area contributed by atoms with Gasteiger partial charge in [0.15, 0.2) is 0 Å². The van der Waals surface area contributed by atoms with Crippen molar-refractivity contribution < 1.29 is 9.84 Å². The molecule has 1 heterocycles. The first kappa shape index (κ1) is 13.8. The maximum absolute atomic E-state index is 10.5. The second-order valence-electron chi connectivity index (χ2n) is 4.45. The lowest BCUT2D eigenvalue weighted by atomic mass is 9.74. The monoisotopic (exact) mass is 329 g/mol. The summed E-state index contributed by atoms with van der Waals surface area (Å²) in [5, 5.41) is 20.5. The SMILES string of the molecule is N#CC1(C(O)c2ccc(Cl)cc2Br)CCOCC1. The van der Waals surface area contributed by atoms with Crippen molar-refractivity contribution in [3.8, 4) is 6.07 Å². The van der Waals surface area contributed by atoms with Crippen LogP contribution in [0.3, 0.4) is 0 Å². The zero-order valence-electron chi connectivity index (χ0n) is 9.70. The molecule has 1 N–H and O–H groups in total. The Labute approximate surface area is 119 Å². The van der Waals surface area contributed by atoms with Gasteiger partial charge in [0.05, 0.1) is 17.6 Å². The molecule has 1 aliphatic rings. The van der Waals surface area contributed by atoms with Crippen LogP contribution < -0.4 is 0 Å². The van der Waals surface area contributed by atoms with Crippen molar-refractivity contribution in [3.63, 3.8) is 0 Å². The van der Waals surface area contributed by atoms with Gasteiger partial charge in [-0.05, 0) is 30.5 Å². The fraction of sp³-hybridized carbons (Fsp3) is 0.462. The van der Waals surface area contributed by atoms with E-state index in [1.165, 1.54) is 0 Å². The normalized spacial score (nSPS) is 20.1. The first-order chi connectivity index (χ1) is 8.59. The molecule has 96 valence electrons. The summed E-state index contributed by atoms with van der Waals surface area (Å²) in [5.41, 5.74) is -0.0722. The van der Waals surface area contributed by atoms with Gasteiger partial charge >= 0.3 is 0 Å². The molecule has 1 unspecified atom stereocenters. The molecule has 0 amide bonds. The summed E-state index contributed by atoms with van der Waals surface area (Å²) in [6, 6.07) is 7.47. The average Bonchev–Trinajstić information content (AvgIpc) is 2.39. The van der Waals surface area contributed by atoms with Gasteiger partial charge in [-0.25, -0.2) is 0 Å². The van der Waals surface area contributed by atoms with Gasteiger partial charge in [0.1, 0.15) is 0 Å². The summed E-state index contributed by atoms with van der Waals surface area (Å²) in [4.78, 5) is 0. The van der Waals surface area contributed by atoms with Crippen LogP contribution in [0.4, 0.5) is 0 Å². The van der Waals surface area contributed by atoms with E-state index in [-0.39, 0.29) is 0 Å². The zero-order valence-corrected chi connectivity index (χ0v) is 12.0. The molecule has 0 spiro atoms. The van der Waals surface area contributed by atoms with Gasteiger partial charge in [-0.2, -0.15) is 5.26 Å². The van der Waals surface area contributed by atoms with Gasteiger partial charge in [0.25, 0.3) is 0 Å². The van der Waals surface area contributed by atoms with E-state index in [2.05, 4.69) is 22.0 Å². The third-order valence-electron chi connectivity index (χ3n) is 3.39. The minimum Gasteiger partial charge on any atom is -0.387 e. The summed E-state index contributed by atoms with van der Waals surface area (Å²) in [7, 11) is 0. The first-order valence-electron chi connectivity index (χ1n) is 5.71. The molecule has 2 rings (SSSR count). The smallest absolute Gasteiger partial charge is 0.0988 e. The lowest BCUT2D eigenvalue weighted by molar-refractivity contribution is -0.0312. The van der Waals surface area contributed by atoms with Crippen LogP contribution in [0.2, 0.25) is 5.02 Å². The lowest BCUT2D eigenvalue weighted by Gasteiger charge is -2.35. The number of hydrogen-bond donors (Lipinski definition) is 1. The highest BCUT2D eigenvalue weighted by molar-refractivity contribution is 9.10. The number of aliphatic hydroxyl groups is 1. The minimum absolute atomic E-state index is 0.510. The third kappa shape index (κ3) is 2.55. The Morgan fingerprint density at radius 2 is 2.11 bits per heavy atom. The van der Waals surface area contributed by atoms with Crippen LogP contribution >= 0.6 is 27.5 Å². The van der Waals surface area contributed by atoms with Crippen LogP contribution in [0.5, 0.6) is 0 Å². The Morgan fingerprint density at radius 1 is 1.44 bits per heavy atom. The van der Waals surface area contributed by atoms with E-state index in [0.717, 1.165) is 4.47 Å². The second kappa shape index (κ2) is 5.58. The molecule has 1 aromatic carbocycles. The molecule has 0 radical (unpaired) electrons. The van der Waals surface area contributed by atoms with Gasteiger partial charge in [0, 0.05) is 22.7 Å². The molecule has 1 fully saturated rings. The van der Waals surface area contributed by atoms with Crippen molar-refractivity contribution in [2.75, 3.05) is 13.2 Å². The predicted octanol–water partition coefficient (Wildman–Crippen LogP) is 3.46. The molecule has 3 nitrogen and oxygen atoms in total. The maximum Gasteiger partial charge on any atom is 0.0988 e.